The smallest absolute Gasteiger partial charge is 0.248 e. The number of carbonyl (C=O) groups excluding carboxylic acids is 1. The van der Waals surface area contributed by atoms with Crippen LogP contribution in [0.3, 0.4) is 0 Å². The van der Waals surface area contributed by atoms with Crippen LogP contribution in [-0.4, -0.2) is 16.8 Å². The Balaban J connectivity index is 1.69. The second kappa shape index (κ2) is 9.55. The summed E-state index contributed by atoms with van der Waals surface area (Å²) in [7, 11) is 0. The van der Waals surface area contributed by atoms with Crippen molar-refractivity contribution in [3.8, 4) is 0 Å². The van der Waals surface area contributed by atoms with Gasteiger partial charge in [-0.05, 0) is 48.1 Å². The van der Waals surface area contributed by atoms with E-state index in [0.29, 0.717) is 16.5 Å². The number of nitrogens with one attached hydrogen (secondary N) is 3. The fraction of sp³-hybridized carbons (Fsp3) is 0.125. The molecule has 0 bridgehead atoms. The molecule has 2 rings (SSSR count). The first-order chi connectivity index (χ1) is 11.9. The number of anilines is 1. The summed E-state index contributed by atoms with van der Waals surface area (Å²) in [5.41, 5.74) is 6.17. The molecule has 0 radical (unpaired) electrons. The third kappa shape index (κ3) is 6.85. The van der Waals surface area contributed by atoms with Crippen LogP contribution < -0.4 is 16.2 Å². The van der Waals surface area contributed by atoms with Gasteiger partial charge in [0.05, 0.1) is 5.75 Å². The third-order valence-electron chi connectivity index (χ3n) is 2.90. The molecule has 1 amide bonds. The standard InChI is InChI=1S/C16H14ClF2N3OS2/c17-14-7-12(19)5-4-10(14)8-25-9-15(23)21-22-16(24)20-13-3-1-2-11(18)6-13/h1-7H,8-9H2,(H,21,23)(H2,20,22,24). The quantitative estimate of drug-likeness (QED) is 0.524. The van der Waals surface area contributed by atoms with E-state index in [1.807, 2.05) is 0 Å². The lowest BCUT2D eigenvalue weighted by Gasteiger charge is -2.11. The average molecular weight is 402 g/mol. The van der Waals surface area contributed by atoms with Crippen LogP contribution in [0.25, 0.3) is 0 Å². The number of amides is 1. The van der Waals surface area contributed by atoms with Gasteiger partial charge in [-0.2, -0.15) is 0 Å². The number of hydrogen-bond donors (Lipinski definition) is 3. The van der Waals surface area contributed by atoms with E-state index in [-0.39, 0.29) is 16.8 Å². The van der Waals surface area contributed by atoms with Crippen LogP contribution in [0.15, 0.2) is 42.5 Å². The van der Waals surface area contributed by atoms with Gasteiger partial charge in [-0.1, -0.05) is 23.7 Å². The summed E-state index contributed by atoms with van der Waals surface area (Å²) in [4.78, 5) is 11.7. The topological polar surface area (TPSA) is 53.2 Å². The first kappa shape index (κ1) is 19.4. The largest absolute Gasteiger partial charge is 0.331 e. The summed E-state index contributed by atoms with van der Waals surface area (Å²) in [6, 6.07) is 9.90. The Morgan fingerprint density at radius 2 is 1.88 bits per heavy atom. The van der Waals surface area contributed by atoms with Gasteiger partial charge in [-0.15, -0.1) is 11.8 Å². The van der Waals surface area contributed by atoms with Gasteiger partial charge in [-0.3, -0.25) is 15.6 Å². The summed E-state index contributed by atoms with van der Waals surface area (Å²) >= 11 is 12.2. The molecule has 3 N–H and O–H groups in total. The Labute approximate surface area is 158 Å². The number of halogens is 3. The number of rotatable bonds is 5. The van der Waals surface area contributed by atoms with Crippen molar-refractivity contribution in [3.63, 3.8) is 0 Å². The van der Waals surface area contributed by atoms with Crippen LogP contribution in [0.1, 0.15) is 5.56 Å². The highest BCUT2D eigenvalue weighted by molar-refractivity contribution is 7.99. The first-order valence-electron chi connectivity index (χ1n) is 7.07. The Kier molecular flexibility index (Phi) is 7.42. The summed E-state index contributed by atoms with van der Waals surface area (Å²) in [5.74, 6) is -0.471. The zero-order chi connectivity index (χ0) is 18.2. The predicted octanol–water partition coefficient (Wildman–Crippen LogP) is 3.87. The first-order valence-corrected chi connectivity index (χ1v) is 9.01. The van der Waals surface area contributed by atoms with Crippen molar-refractivity contribution in [3.05, 3.63) is 64.7 Å². The van der Waals surface area contributed by atoms with Crippen molar-refractivity contribution in [2.24, 2.45) is 0 Å². The summed E-state index contributed by atoms with van der Waals surface area (Å²) in [6.45, 7) is 0. The van der Waals surface area contributed by atoms with Gasteiger partial charge in [0.2, 0.25) is 5.91 Å². The molecule has 0 saturated carbocycles. The number of hydrazine groups is 1. The van der Waals surface area contributed by atoms with Crippen molar-refractivity contribution < 1.29 is 13.6 Å². The second-order valence-electron chi connectivity index (χ2n) is 4.87. The van der Waals surface area contributed by atoms with Gasteiger partial charge in [-0.25, -0.2) is 8.78 Å². The molecule has 0 fully saturated rings. The summed E-state index contributed by atoms with van der Waals surface area (Å²) < 4.78 is 26.0. The molecule has 0 aliphatic heterocycles. The summed E-state index contributed by atoms with van der Waals surface area (Å²) in [6.07, 6.45) is 0. The molecule has 2 aromatic carbocycles. The highest BCUT2D eigenvalue weighted by Gasteiger charge is 2.06. The Morgan fingerprint density at radius 3 is 2.60 bits per heavy atom. The minimum absolute atomic E-state index is 0.130. The molecule has 0 saturated heterocycles. The monoisotopic (exact) mass is 401 g/mol. The molecule has 0 atom stereocenters. The molecular formula is C16H14ClF2N3OS2. The van der Waals surface area contributed by atoms with E-state index >= 15 is 0 Å². The number of thioether (sulfide) groups is 1. The number of thiocarbonyl (C=S) groups is 1. The van der Waals surface area contributed by atoms with Crippen LogP contribution in [0.2, 0.25) is 5.02 Å². The van der Waals surface area contributed by atoms with Crippen molar-refractivity contribution in [2.45, 2.75) is 5.75 Å². The van der Waals surface area contributed by atoms with Crippen molar-refractivity contribution >= 4 is 52.3 Å². The fourth-order valence-electron chi connectivity index (χ4n) is 1.78. The molecule has 0 aromatic heterocycles. The molecule has 0 aliphatic carbocycles. The van der Waals surface area contributed by atoms with E-state index < -0.39 is 11.6 Å². The van der Waals surface area contributed by atoms with Crippen LogP contribution in [0.5, 0.6) is 0 Å². The zero-order valence-electron chi connectivity index (χ0n) is 12.8. The molecule has 0 heterocycles. The predicted molar refractivity (Wildman–Crippen MR) is 101 cm³/mol. The highest BCUT2D eigenvalue weighted by atomic mass is 35.5. The van der Waals surface area contributed by atoms with E-state index in [0.717, 1.165) is 5.56 Å². The van der Waals surface area contributed by atoms with E-state index in [4.69, 9.17) is 23.8 Å². The second-order valence-corrected chi connectivity index (χ2v) is 6.67. The molecule has 132 valence electrons. The van der Waals surface area contributed by atoms with Crippen LogP contribution in [0, 0.1) is 11.6 Å². The number of benzene rings is 2. The number of carbonyl (C=O) groups is 1. The van der Waals surface area contributed by atoms with Crippen LogP contribution in [0.4, 0.5) is 14.5 Å². The Morgan fingerprint density at radius 1 is 1.12 bits per heavy atom. The lowest BCUT2D eigenvalue weighted by Crippen LogP contribution is -2.44. The lowest BCUT2D eigenvalue weighted by molar-refractivity contribution is -0.119. The normalized spacial score (nSPS) is 10.2. The van der Waals surface area contributed by atoms with E-state index in [1.165, 1.54) is 42.1 Å². The van der Waals surface area contributed by atoms with Gasteiger partial charge in [0.25, 0.3) is 0 Å². The molecule has 0 unspecified atom stereocenters. The van der Waals surface area contributed by atoms with Crippen molar-refractivity contribution in [1.82, 2.24) is 10.9 Å². The highest BCUT2D eigenvalue weighted by Crippen LogP contribution is 2.22. The van der Waals surface area contributed by atoms with E-state index in [9.17, 15) is 13.6 Å². The molecule has 4 nitrogen and oxygen atoms in total. The minimum atomic E-state index is -0.403. The SMILES string of the molecule is O=C(CSCc1ccc(F)cc1Cl)NNC(=S)Nc1cccc(F)c1. The molecule has 0 aliphatic rings. The molecular weight excluding hydrogens is 388 g/mol. The van der Waals surface area contributed by atoms with E-state index in [2.05, 4.69) is 16.2 Å². The summed E-state index contributed by atoms with van der Waals surface area (Å²) in [5, 5.41) is 3.19. The molecule has 9 heteroatoms. The van der Waals surface area contributed by atoms with Gasteiger partial charge in [0, 0.05) is 16.5 Å². The molecule has 0 spiro atoms. The fourth-order valence-corrected chi connectivity index (χ4v) is 3.10. The maximum atomic E-state index is 13.1. The zero-order valence-corrected chi connectivity index (χ0v) is 15.2. The van der Waals surface area contributed by atoms with Crippen molar-refractivity contribution in [2.75, 3.05) is 11.1 Å². The van der Waals surface area contributed by atoms with E-state index in [1.54, 1.807) is 12.1 Å². The molecule has 25 heavy (non-hydrogen) atoms. The van der Waals surface area contributed by atoms with Gasteiger partial charge in [0.15, 0.2) is 5.11 Å². The maximum absolute atomic E-state index is 13.1. The Bertz CT molecular complexity index is 777. The van der Waals surface area contributed by atoms with Gasteiger partial charge < -0.3 is 5.32 Å². The third-order valence-corrected chi connectivity index (χ3v) is 4.44. The maximum Gasteiger partial charge on any atom is 0.248 e. The molecule has 2 aromatic rings. The minimum Gasteiger partial charge on any atom is -0.331 e. The van der Waals surface area contributed by atoms with Crippen LogP contribution in [-0.2, 0) is 10.5 Å². The lowest BCUT2D eigenvalue weighted by atomic mass is 10.2. The van der Waals surface area contributed by atoms with Gasteiger partial charge in [0.1, 0.15) is 11.6 Å². The van der Waals surface area contributed by atoms with Crippen LogP contribution >= 0.6 is 35.6 Å². The Hall–Kier alpha value is -1.90. The van der Waals surface area contributed by atoms with Crippen molar-refractivity contribution in [1.29, 1.82) is 0 Å². The number of hydrogen-bond acceptors (Lipinski definition) is 3. The van der Waals surface area contributed by atoms with Gasteiger partial charge >= 0.3 is 0 Å². The average Bonchev–Trinajstić information content (AvgIpc) is 2.55.